The normalized spacial score (nSPS) is 16.6. The molecule has 2 aromatic carbocycles. The van der Waals surface area contributed by atoms with E-state index >= 15 is 0 Å². The lowest BCUT2D eigenvalue weighted by Crippen LogP contribution is -2.45. The van der Waals surface area contributed by atoms with E-state index in [1.165, 1.54) is 11.1 Å². The summed E-state index contributed by atoms with van der Waals surface area (Å²) < 4.78 is 1.87. The third-order valence-corrected chi connectivity index (χ3v) is 5.56. The molecule has 1 aliphatic rings. The van der Waals surface area contributed by atoms with Crippen molar-refractivity contribution in [3.8, 4) is 11.4 Å². The summed E-state index contributed by atoms with van der Waals surface area (Å²) in [6.45, 7) is 5.66. The largest absolute Gasteiger partial charge is 0.350 e. The standard InChI is InChI=1S/C23H27N5O/c1-16(2)28-22(25-15-26-28)18-9-6-10-19(11-18)23(29)24-13-21-12-17-7-4-5-8-20(17)14-27(21)3/h4-11,15-16,21H,12-14H2,1-3H3,(H,24,29)/t21-/m1/s1. The van der Waals surface area contributed by atoms with Gasteiger partial charge in [-0.1, -0.05) is 36.4 Å². The molecule has 0 saturated heterocycles. The number of hydrogen-bond donors (Lipinski definition) is 1. The first kappa shape index (κ1) is 19.3. The van der Waals surface area contributed by atoms with Gasteiger partial charge in [-0.2, -0.15) is 5.10 Å². The zero-order valence-electron chi connectivity index (χ0n) is 17.2. The Morgan fingerprint density at radius 2 is 1.97 bits per heavy atom. The molecule has 1 aromatic heterocycles. The number of carbonyl (C=O) groups excluding carboxylic acids is 1. The molecule has 2 heterocycles. The quantitative estimate of drug-likeness (QED) is 0.727. The van der Waals surface area contributed by atoms with Gasteiger partial charge in [0.15, 0.2) is 5.82 Å². The van der Waals surface area contributed by atoms with Crippen molar-refractivity contribution in [2.24, 2.45) is 0 Å². The second-order valence-corrected chi connectivity index (χ2v) is 7.95. The predicted molar refractivity (Wildman–Crippen MR) is 114 cm³/mol. The van der Waals surface area contributed by atoms with Gasteiger partial charge in [0.1, 0.15) is 6.33 Å². The van der Waals surface area contributed by atoms with E-state index in [2.05, 4.69) is 65.5 Å². The summed E-state index contributed by atoms with van der Waals surface area (Å²) in [5.41, 5.74) is 4.28. The van der Waals surface area contributed by atoms with Crippen molar-refractivity contribution in [1.82, 2.24) is 25.0 Å². The lowest BCUT2D eigenvalue weighted by Gasteiger charge is -2.34. The van der Waals surface area contributed by atoms with Crippen LogP contribution in [0.4, 0.5) is 0 Å². The van der Waals surface area contributed by atoms with Crippen molar-refractivity contribution in [1.29, 1.82) is 0 Å². The van der Waals surface area contributed by atoms with E-state index in [1.807, 2.05) is 28.9 Å². The molecule has 0 radical (unpaired) electrons. The monoisotopic (exact) mass is 389 g/mol. The van der Waals surface area contributed by atoms with Crippen molar-refractivity contribution in [2.45, 2.75) is 38.9 Å². The average molecular weight is 390 g/mol. The fourth-order valence-electron chi connectivity index (χ4n) is 3.89. The Kier molecular flexibility index (Phi) is 5.45. The summed E-state index contributed by atoms with van der Waals surface area (Å²) in [5, 5.41) is 7.41. The van der Waals surface area contributed by atoms with Crippen molar-refractivity contribution in [3.05, 3.63) is 71.5 Å². The predicted octanol–water partition coefficient (Wildman–Crippen LogP) is 3.31. The molecule has 0 saturated carbocycles. The van der Waals surface area contributed by atoms with Gasteiger partial charge in [-0.25, -0.2) is 9.67 Å². The molecule has 150 valence electrons. The molecule has 6 heteroatoms. The Hall–Kier alpha value is -2.99. The summed E-state index contributed by atoms with van der Waals surface area (Å²) in [6.07, 6.45) is 2.50. The number of amides is 1. The first-order chi connectivity index (χ1) is 14.0. The summed E-state index contributed by atoms with van der Waals surface area (Å²) in [7, 11) is 2.12. The molecule has 29 heavy (non-hydrogen) atoms. The van der Waals surface area contributed by atoms with E-state index < -0.39 is 0 Å². The molecule has 0 unspecified atom stereocenters. The van der Waals surface area contributed by atoms with Crippen LogP contribution in [0.3, 0.4) is 0 Å². The number of rotatable bonds is 5. The maximum absolute atomic E-state index is 12.8. The molecular weight excluding hydrogens is 362 g/mol. The molecule has 1 N–H and O–H groups in total. The lowest BCUT2D eigenvalue weighted by molar-refractivity contribution is 0.0934. The molecular formula is C23H27N5O. The van der Waals surface area contributed by atoms with Crippen LogP contribution in [-0.4, -0.2) is 45.2 Å². The van der Waals surface area contributed by atoms with Crippen LogP contribution in [0.2, 0.25) is 0 Å². The minimum atomic E-state index is -0.0604. The highest BCUT2D eigenvalue weighted by Crippen LogP contribution is 2.22. The van der Waals surface area contributed by atoms with Gasteiger partial charge in [-0.15, -0.1) is 0 Å². The van der Waals surface area contributed by atoms with Gasteiger partial charge in [0.2, 0.25) is 0 Å². The highest BCUT2D eigenvalue weighted by Gasteiger charge is 2.23. The minimum absolute atomic E-state index is 0.0604. The number of hydrogen-bond acceptors (Lipinski definition) is 4. The zero-order chi connectivity index (χ0) is 20.4. The number of fused-ring (bicyclic) bond motifs is 1. The van der Waals surface area contributed by atoms with E-state index in [9.17, 15) is 4.79 Å². The van der Waals surface area contributed by atoms with Gasteiger partial charge in [-0.3, -0.25) is 9.69 Å². The molecule has 0 aliphatic carbocycles. The SMILES string of the molecule is CC(C)n1ncnc1-c1cccc(C(=O)NC[C@H]2Cc3ccccc3CN2C)c1. The third kappa shape index (κ3) is 4.07. The molecule has 6 nitrogen and oxygen atoms in total. The summed E-state index contributed by atoms with van der Waals surface area (Å²) >= 11 is 0. The molecule has 1 atom stereocenters. The Morgan fingerprint density at radius 1 is 1.17 bits per heavy atom. The molecule has 0 bridgehead atoms. The van der Waals surface area contributed by atoms with Gasteiger partial charge in [-0.05, 0) is 50.6 Å². The van der Waals surface area contributed by atoms with Crippen LogP contribution >= 0.6 is 0 Å². The third-order valence-electron chi connectivity index (χ3n) is 5.56. The second-order valence-electron chi connectivity index (χ2n) is 7.95. The molecule has 0 spiro atoms. The van der Waals surface area contributed by atoms with Gasteiger partial charge in [0, 0.05) is 36.3 Å². The number of benzene rings is 2. The lowest BCUT2D eigenvalue weighted by atomic mass is 9.94. The highest BCUT2D eigenvalue weighted by atomic mass is 16.1. The molecule has 4 rings (SSSR count). The van der Waals surface area contributed by atoms with Crippen molar-refractivity contribution in [2.75, 3.05) is 13.6 Å². The van der Waals surface area contributed by atoms with E-state index in [1.54, 1.807) is 6.33 Å². The Morgan fingerprint density at radius 3 is 2.76 bits per heavy atom. The maximum atomic E-state index is 12.8. The summed E-state index contributed by atoms with van der Waals surface area (Å²) in [5.74, 6) is 0.716. The van der Waals surface area contributed by atoms with E-state index in [-0.39, 0.29) is 11.9 Å². The van der Waals surface area contributed by atoms with Crippen LogP contribution < -0.4 is 5.32 Å². The van der Waals surface area contributed by atoms with E-state index in [0.29, 0.717) is 18.2 Å². The maximum Gasteiger partial charge on any atom is 0.251 e. The Balaban J connectivity index is 1.45. The van der Waals surface area contributed by atoms with Gasteiger partial charge < -0.3 is 5.32 Å². The first-order valence-electron chi connectivity index (χ1n) is 10.1. The van der Waals surface area contributed by atoms with Crippen LogP contribution in [0.5, 0.6) is 0 Å². The van der Waals surface area contributed by atoms with E-state index in [0.717, 1.165) is 24.4 Å². The molecule has 0 fully saturated rings. The van der Waals surface area contributed by atoms with Gasteiger partial charge in [0.05, 0.1) is 0 Å². The van der Waals surface area contributed by atoms with Crippen LogP contribution in [0.25, 0.3) is 11.4 Å². The average Bonchev–Trinajstić information content (AvgIpc) is 3.22. The molecule has 1 amide bonds. The van der Waals surface area contributed by atoms with Crippen molar-refractivity contribution in [3.63, 3.8) is 0 Å². The highest BCUT2D eigenvalue weighted by molar-refractivity contribution is 5.95. The fraction of sp³-hybridized carbons (Fsp3) is 0.348. The van der Waals surface area contributed by atoms with Gasteiger partial charge in [0.25, 0.3) is 5.91 Å². The topological polar surface area (TPSA) is 63.1 Å². The number of likely N-dealkylation sites (N-methyl/N-ethyl adjacent to an activating group) is 1. The molecule has 3 aromatic rings. The van der Waals surface area contributed by atoms with Crippen LogP contribution in [0, 0.1) is 0 Å². The van der Waals surface area contributed by atoms with Crippen LogP contribution in [0.15, 0.2) is 54.9 Å². The smallest absolute Gasteiger partial charge is 0.251 e. The molecule has 1 aliphatic heterocycles. The van der Waals surface area contributed by atoms with Crippen molar-refractivity contribution < 1.29 is 4.79 Å². The number of aromatic nitrogens is 3. The number of nitrogens with one attached hydrogen (secondary N) is 1. The number of nitrogens with zero attached hydrogens (tertiary/aromatic N) is 4. The summed E-state index contributed by atoms with van der Waals surface area (Å²) in [4.78, 5) is 19.5. The Bertz CT molecular complexity index is 1010. The zero-order valence-corrected chi connectivity index (χ0v) is 17.2. The number of carbonyl (C=O) groups is 1. The van der Waals surface area contributed by atoms with Gasteiger partial charge >= 0.3 is 0 Å². The van der Waals surface area contributed by atoms with Crippen molar-refractivity contribution >= 4 is 5.91 Å². The Labute approximate surface area is 171 Å². The first-order valence-corrected chi connectivity index (χ1v) is 10.1. The van der Waals surface area contributed by atoms with E-state index in [4.69, 9.17) is 0 Å². The minimum Gasteiger partial charge on any atom is -0.350 e. The fourth-order valence-corrected chi connectivity index (χ4v) is 3.89. The summed E-state index contributed by atoms with van der Waals surface area (Å²) in [6, 6.07) is 16.6. The second kappa shape index (κ2) is 8.17. The van der Waals surface area contributed by atoms with Crippen LogP contribution in [0.1, 0.15) is 41.4 Å². The van der Waals surface area contributed by atoms with Crippen LogP contribution in [-0.2, 0) is 13.0 Å².